The minimum Gasteiger partial charge on any atom is -0.0685 e. The van der Waals surface area contributed by atoms with Gasteiger partial charge in [-0.05, 0) is 55.7 Å². The van der Waals surface area contributed by atoms with Gasteiger partial charge >= 0.3 is 0 Å². The monoisotopic (exact) mass is 614 g/mol. The Labute approximate surface area is 284 Å². The van der Waals surface area contributed by atoms with Gasteiger partial charge < -0.3 is 0 Å². The highest BCUT2D eigenvalue weighted by Gasteiger charge is 2.38. The summed E-state index contributed by atoms with van der Waals surface area (Å²) in [6, 6.07) is 66.0. The lowest BCUT2D eigenvalue weighted by molar-refractivity contribution is 0.438. The summed E-state index contributed by atoms with van der Waals surface area (Å²) < 4.78 is 0. The molecule has 2 aliphatic rings. The van der Waals surface area contributed by atoms with E-state index >= 15 is 0 Å². The fraction of sp³-hybridized carbons (Fsp3) is 0.0833. The average molecular weight is 615 g/mol. The Morgan fingerprint density at radius 2 is 0.458 bits per heavy atom. The van der Waals surface area contributed by atoms with E-state index in [1.165, 1.54) is 55.7 Å². The maximum absolute atomic E-state index is 2.55. The van der Waals surface area contributed by atoms with Crippen LogP contribution in [0, 0.1) is 11.8 Å². The van der Waals surface area contributed by atoms with E-state index in [1.54, 1.807) is 0 Å². The van der Waals surface area contributed by atoms with Crippen molar-refractivity contribution >= 4 is 22.3 Å². The van der Waals surface area contributed by atoms with E-state index in [2.05, 4.69) is 206 Å². The lowest BCUT2D eigenvalue weighted by atomic mass is 9.69. The number of hydrogen-bond acceptors (Lipinski definition) is 0. The molecule has 0 saturated heterocycles. The molecule has 0 bridgehead atoms. The first kappa shape index (κ1) is 29.7. The van der Waals surface area contributed by atoms with Gasteiger partial charge in [0.1, 0.15) is 0 Å². The van der Waals surface area contributed by atoms with Crippen molar-refractivity contribution in [2.45, 2.75) is 11.8 Å². The third kappa shape index (κ3) is 5.94. The predicted molar refractivity (Wildman–Crippen MR) is 203 cm³/mol. The maximum atomic E-state index is 2.55. The van der Waals surface area contributed by atoms with E-state index in [0.717, 1.165) is 0 Å². The molecule has 0 N–H and O–H groups in total. The van der Waals surface area contributed by atoms with Crippen molar-refractivity contribution in [3.8, 4) is 0 Å². The summed E-state index contributed by atoms with van der Waals surface area (Å²) in [6.45, 7) is 0. The third-order valence-corrected chi connectivity index (χ3v) is 9.94. The zero-order chi connectivity index (χ0) is 32.1. The van der Waals surface area contributed by atoms with Crippen LogP contribution in [0.2, 0.25) is 0 Å². The van der Waals surface area contributed by atoms with Crippen LogP contribution in [0.4, 0.5) is 0 Å². The Morgan fingerprint density at radius 1 is 0.250 bits per heavy atom. The predicted octanol–water partition coefficient (Wildman–Crippen LogP) is 12.1. The van der Waals surface area contributed by atoms with E-state index in [0.29, 0.717) is 0 Å². The first-order chi connectivity index (χ1) is 23.8. The summed E-state index contributed by atoms with van der Waals surface area (Å²) in [7, 11) is 0. The highest BCUT2D eigenvalue weighted by atomic mass is 14.4. The molecule has 0 aliphatic heterocycles. The molecule has 48 heavy (non-hydrogen) atoms. The number of hydrogen-bond donors (Lipinski definition) is 0. The molecule has 6 aromatic carbocycles. The molecule has 0 fully saturated rings. The molecular weight excluding hydrogens is 577 g/mol. The second-order valence-corrected chi connectivity index (χ2v) is 12.8. The smallest absolute Gasteiger partial charge is 0.00404 e. The summed E-state index contributed by atoms with van der Waals surface area (Å²) in [6.07, 6.45) is 10.2. The highest BCUT2D eigenvalue weighted by molar-refractivity contribution is 6.08. The van der Waals surface area contributed by atoms with Crippen LogP contribution in [0.15, 0.2) is 206 Å². The Morgan fingerprint density at radius 3 is 0.688 bits per heavy atom. The number of allylic oxidation sites excluding steroid dienone is 8. The van der Waals surface area contributed by atoms with Crippen LogP contribution in [0.25, 0.3) is 22.3 Å². The summed E-state index contributed by atoms with van der Waals surface area (Å²) in [5.74, 6) is 0.757. The summed E-state index contributed by atoms with van der Waals surface area (Å²) in [4.78, 5) is 0. The van der Waals surface area contributed by atoms with Gasteiger partial charge in [0.15, 0.2) is 0 Å². The summed E-state index contributed by atoms with van der Waals surface area (Å²) >= 11 is 0. The highest BCUT2D eigenvalue weighted by Crippen LogP contribution is 2.53. The Bertz CT molecular complexity index is 1820. The van der Waals surface area contributed by atoms with Crippen molar-refractivity contribution in [3.63, 3.8) is 0 Å². The molecule has 230 valence electrons. The largest absolute Gasteiger partial charge is 0.0685 e. The van der Waals surface area contributed by atoms with Gasteiger partial charge in [0.2, 0.25) is 0 Å². The first-order valence-electron chi connectivity index (χ1n) is 17.0. The van der Waals surface area contributed by atoms with Crippen molar-refractivity contribution < 1.29 is 0 Å². The zero-order valence-corrected chi connectivity index (χ0v) is 26.9. The molecule has 0 spiro atoms. The van der Waals surface area contributed by atoms with Crippen molar-refractivity contribution in [3.05, 3.63) is 240 Å². The van der Waals surface area contributed by atoms with Gasteiger partial charge in [-0.25, -0.2) is 0 Å². The van der Waals surface area contributed by atoms with E-state index in [1.807, 2.05) is 0 Å². The summed E-state index contributed by atoms with van der Waals surface area (Å²) in [5, 5.41) is 0. The van der Waals surface area contributed by atoms with Gasteiger partial charge in [-0.1, -0.05) is 206 Å². The van der Waals surface area contributed by atoms with Crippen LogP contribution in [0.3, 0.4) is 0 Å². The molecular formula is C48H38. The first-order valence-corrected chi connectivity index (χ1v) is 17.0. The molecule has 2 atom stereocenters. The molecule has 0 radical (unpaired) electrons. The molecule has 6 aromatic rings. The Hall–Kier alpha value is -5.72. The van der Waals surface area contributed by atoms with Crippen LogP contribution >= 0.6 is 0 Å². The topological polar surface area (TPSA) is 0 Å². The molecule has 8 rings (SSSR count). The standard InChI is InChI=1S/C48H38/c1-7-19-35(20-8-1)43-31-41(32-44(43)36-21-9-2-10-22-36)47(39-27-15-5-16-28-39)48(40-29-17-6-18-30-40)42-33-45(37-23-11-3-12-24-37)46(34-42)38-25-13-4-14-26-38/h1-34,41-42,47-48H/t47-,48-/m0/s1. The fourth-order valence-electron chi connectivity index (χ4n) is 7.81. The van der Waals surface area contributed by atoms with E-state index in [4.69, 9.17) is 0 Å². The molecule has 0 aromatic heterocycles. The van der Waals surface area contributed by atoms with E-state index in [-0.39, 0.29) is 23.7 Å². The van der Waals surface area contributed by atoms with Crippen molar-refractivity contribution in [1.82, 2.24) is 0 Å². The van der Waals surface area contributed by atoms with Gasteiger partial charge in [0.05, 0.1) is 0 Å². The van der Waals surface area contributed by atoms with Crippen molar-refractivity contribution in [2.75, 3.05) is 0 Å². The van der Waals surface area contributed by atoms with Gasteiger partial charge in [0.25, 0.3) is 0 Å². The van der Waals surface area contributed by atoms with Crippen LogP contribution in [0.1, 0.15) is 45.2 Å². The van der Waals surface area contributed by atoms with E-state index < -0.39 is 0 Å². The average Bonchev–Trinajstić information content (AvgIpc) is 3.82. The molecule has 2 aliphatic carbocycles. The van der Waals surface area contributed by atoms with Crippen LogP contribution in [0.5, 0.6) is 0 Å². The Kier molecular flexibility index (Phi) is 8.38. The molecule has 0 heteroatoms. The van der Waals surface area contributed by atoms with Gasteiger partial charge in [-0.15, -0.1) is 0 Å². The van der Waals surface area contributed by atoms with Gasteiger partial charge in [-0.3, -0.25) is 0 Å². The van der Waals surface area contributed by atoms with Crippen LogP contribution < -0.4 is 0 Å². The van der Waals surface area contributed by atoms with Crippen molar-refractivity contribution in [2.24, 2.45) is 11.8 Å². The number of rotatable bonds is 9. The molecule has 0 unspecified atom stereocenters. The van der Waals surface area contributed by atoms with E-state index in [9.17, 15) is 0 Å². The second-order valence-electron chi connectivity index (χ2n) is 12.8. The molecule has 0 saturated carbocycles. The quantitative estimate of drug-likeness (QED) is 0.152. The van der Waals surface area contributed by atoms with Gasteiger partial charge in [0, 0.05) is 23.7 Å². The summed E-state index contributed by atoms with van der Waals surface area (Å²) in [5.41, 5.74) is 13.0. The SMILES string of the molecule is C1=C(c2ccccc2)C(c2ccccc2)=CC1[C@H](c1ccccc1)[C@@H](c1ccccc1)C1C=C(c2ccccc2)C(c2ccccc2)=C1. The number of benzene rings is 6. The lowest BCUT2D eigenvalue weighted by Crippen LogP contribution is -2.22. The third-order valence-electron chi connectivity index (χ3n) is 9.94. The van der Waals surface area contributed by atoms with Crippen LogP contribution in [-0.2, 0) is 0 Å². The normalized spacial score (nSPS) is 16.1. The molecule has 0 nitrogen and oxygen atoms in total. The second kappa shape index (κ2) is 13.6. The van der Waals surface area contributed by atoms with Crippen molar-refractivity contribution in [1.29, 1.82) is 0 Å². The fourth-order valence-corrected chi connectivity index (χ4v) is 7.81. The molecule has 0 amide bonds. The minimum absolute atomic E-state index is 0.186. The lowest BCUT2D eigenvalue weighted by Gasteiger charge is -2.34. The van der Waals surface area contributed by atoms with Gasteiger partial charge in [-0.2, -0.15) is 0 Å². The molecule has 0 heterocycles. The zero-order valence-electron chi connectivity index (χ0n) is 26.9. The Balaban J connectivity index is 1.33. The maximum Gasteiger partial charge on any atom is 0.00404 e. The van der Waals surface area contributed by atoms with Crippen LogP contribution in [-0.4, -0.2) is 0 Å². The minimum atomic E-state index is 0.186.